The van der Waals surface area contributed by atoms with Gasteiger partial charge in [-0.15, -0.1) is 0 Å². The van der Waals surface area contributed by atoms with Crippen LogP contribution in [0.3, 0.4) is 0 Å². The van der Waals surface area contributed by atoms with Gasteiger partial charge in [0.05, 0.1) is 0 Å². The summed E-state index contributed by atoms with van der Waals surface area (Å²) in [6.07, 6.45) is 8.14. The normalized spacial score (nSPS) is 11.2. The van der Waals surface area contributed by atoms with E-state index in [2.05, 4.69) is 20.8 Å². The Morgan fingerprint density at radius 3 is 1.80 bits per heavy atom. The lowest BCUT2D eigenvalue weighted by Gasteiger charge is -2.14. The van der Waals surface area contributed by atoms with Crippen molar-refractivity contribution in [2.75, 3.05) is 13.2 Å². The van der Waals surface area contributed by atoms with Crippen LogP contribution in [0.25, 0.3) is 0 Å². The van der Waals surface area contributed by atoms with Gasteiger partial charge in [0.1, 0.15) is 0 Å². The van der Waals surface area contributed by atoms with Crippen LogP contribution in [0.4, 0.5) is 0 Å². The predicted molar refractivity (Wildman–Crippen MR) is 68.6 cm³/mol. The standard InChI is InChI=1S/C12H28O2Si/c1-4-7-8-9-10-11-12-15(13-5-2)14-6-3/h15H,4-12H2,1-3H3. The first-order valence-electron chi connectivity index (χ1n) is 6.58. The Bertz CT molecular complexity index is 114. The van der Waals surface area contributed by atoms with Crippen molar-refractivity contribution in [2.45, 2.75) is 65.3 Å². The number of hydrogen-bond acceptors (Lipinski definition) is 2. The topological polar surface area (TPSA) is 18.5 Å². The second-order valence-electron chi connectivity index (χ2n) is 3.90. The fourth-order valence-corrected chi connectivity index (χ4v) is 3.47. The van der Waals surface area contributed by atoms with Crippen LogP contribution in [0.2, 0.25) is 6.04 Å². The largest absolute Gasteiger partial charge is 0.397 e. The molecule has 0 aliphatic heterocycles. The first-order chi connectivity index (χ1) is 7.35. The second kappa shape index (κ2) is 12.2. The highest BCUT2D eigenvalue weighted by Gasteiger charge is 2.10. The molecule has 0 unspecified atom stereocenters. The van der Waals surface area contributed by atoms with Crippen molar-refractivity contribution in [1.29, 1.82) is 0 Å². The molecule has 0 aliphatic carbocycles. The van der Waals surface area contributed by atoms with E-state index >= 15 is 0 Å². The van der Waals surface area contributed by atoms with Gasteiger partial charge >= 0.3 is 9.28 Å². The minimum absolute atomic E-state index is 0.812. The first-order valence-corrected chi connectivity index (χ1v) is 8.34. The zero-order chi connectivity index (χ0) is 11.4. The van der Waals surface area contributed by atoms with E-state index in [1.54, 1.807) is 0 Å². The Kier molecular flexibility index (Phi) is 12.3. The van der Waals surface area contributed by atoms with E-state index < -0.39 is 9.28 Å². The fourth-order valence-electron chi connectivity index (χ4n) is 1.68. The Hall–Kier alpha value is 0.137. The summed E-state index contributed by atoms with van der Waals surface area (Å²) in [4.78, 5) is 0. The molecule has 0 radical (unpaired) electrons. The van der Waals surface area contributed by atoms with Gasteiger partial charge in [-0.1, -0.05) is 45.4 Å². The zero-order valence-electron chi connectivity index (χ0n) is 10.8. The summed E-state index contributed by atoms with van der Waals surface area (Å²) in [7, 11) is -1.29. The predicted octanol–water partition coefficient (Wildman–Crippen LogP) is 3.64. The van der Waals surface area contributed by atoms with E-state index in [4.69, 9.17) is 8.85 Å². The maximum atomic E-state index is 5.63. The molecule has 0 aromatic carbocycles. The van der Waals surface area contributed by atoms with Crippen LogP contribution in [0, 0.1) is 0 Å². The van der Waals surface area contributed by atoms with Crippen LogP contribution in [-0.2, 0) is 8.85 Å². The summed E-state index contributed by atoms with van der Waals surface area (Å²) in [5.41, 5.74) is 0. The second-order valence-corrected chi connectivity index (χ2v) is 6.00. The molecule has 0 fully saturated rings. The van der Waals surface area contributed by atoms with Gasteiger partial charge in [0, 0.05) is 13.2 Å². The molecular formula is C12H28O2Si. The maximum Gasteiger partial charge on any atom is 0.321 e. The summed E-state index contributed by atoms with van der Waals surface area (Å²) in [5.74, 6) is 0. The van der Waals surface area contributed by atoms with Crippen LogP contribution in [0.5, 0.6) is 0 Å². The molecule has 0 saturated heterocycles. The highest BCUT2D eigenvalue weighted by molar-refractivity contribution is 6.44. The molecule has 0 atom stereocenters. The van der Waals surface area contributed by atoms with Gasteiger partial charge in [0.15, 0.2) is 0 Å². The Labute approximate surface area is 97.2 Å². The minimum Gasteiger partial charge on any atom is -0.397 e. The molecule has 2 nitrogen and oxygen atoms in total. The smallest absolute Gasteiger partial charge is 0.321 e. The molecule has 0 aromatic rings. The van der Waals surface area contributed by atoms with Gasteiger partial charge in [-0.25, -0.2) is 0 Å². The first kappa shape index (κ1) is 15.1. The lowest BCUT2D eigenvalue weighted by Crippen LogP contribution is -2.22. The third-order valence-electron chi connectivity index (χ3n) is 2.50. The van der Waals surface area contributed by atoms with Crippen LogP contribution < -0.4 is 0 Å². The van der Waals surface area contributed by atoms with E-state index in [-0.39, 0.29) is 0 Å². The molecule has 92 valence electrons. The quantitative estimate of drug-likeness (QED) is 0.400. The van der Waals surface area contributed by atoms with Crippen molar-refractivity contribution in [3.63, 3.8) is 0 Å². The summed E-state index contributed by atoms with van der Waals surface area (Å²) >= 11 is 0. The van der Waals surface area contributed by atoms with Crippen LogP contribution in [0.15, 0.2) is 0 Å². The minimum atomic E-state index is -1.29. The number of hydrogen-bond donors (Lipinski definition) is 0. The van der Waals surface area contributed by atoms with Gasteiger partial charge in [0.25, 0.3) is 0 Å². The van der Waals surface area contributed by atoms with E-state index in [1.165, 1.54) is 44.6 Å². The van der Waals surface area contributed by atoms with Crippen molar-refractivity contribution in [1.82, 2.24) is 0 Å². The molecule has 3 heteroatoms. The van der Waals surface area contributed by atoms with E-state index in [9.17, 15) is 0 Å². The Morgan fingerprint density at radius 1 is 0.733 bits per heavy atom. The molecule has 0 aromatic heterocycles. The summed E-state index contributed by atoms with van der Waals surface area (Å²) in [6, 6.07) is 1.19. The molecule has 0 heterocycles. The van der Waals surface area contributed by atoms with Gasteiger partial charge in [0.2, 0.25) is 0 Å². The van der Waals surface area contributed by atoms with Crippen molar-refractivity contribution in [2.24, 2.45) is 0 Å². The molecule has 0 spiro atoms. The molecule has 0 rings (SSSR count). The van der Waals surface area contributed by atoms with Gasteiger partial charge in [-0.3, -0.25) is 0 Å². The number of unbranched alkanes of at least 4 members (excludes halogenated alkanes) is 5. The van der Waals surface area contributed by atoms with Crippen molar-refractivity contribution < 1.29 is 8.85 Å². The van der Waals surface area contributed by atoms with Gasteiger partial charge in [-0.2, -0.15) is 0 Å². The molecule has 0 saturated carbocycles. The highest BCUT2D eigenvalue weighted by Crippen LogP contribution is 2.10. The van der Waals surface area contributed by atoms with Crippen molar-refractivity contribution in [3.8, 4) is 0 Å². The zero-order valence-corrected chi connectivity index (χ0v) is 11.9. The molecular weight excluding hydrogens is 204 g/mol. The molecule has 0 N–H and O–H groups in total. The van der Waals surface area contributed by atoms with E-state index in [0.717, 1.165) is 13.2 Å². The Morgan fingerprint density at radius 2 is 1.27 bits per heavy atom. The van der Waals surface area contributed by atoms with E-state index in [1.807, 2.05) is 0 Å². The van der Waals surface area contributed by atoms with Crippen LogP contribution in [0.1, 0.15) is 59.3 Å². The fraction of sp³-hybridized carbons (Fsp3) is 1.00. The van der Waals surface area contributed by atoms with Gasteiger partial charge in [-0.05, 0) is 19.9 Å². The van der Waals surface area contributed by atoms with Crippen molar-refractivity contribution in [3.05, 3.63) is 0 Å². The SMILES string of the molecule is CCCCCCCC[SiH](OCC)OCC. The molecule has 0 aliphatic rings. The lowest BCUT2D eigenvalue weighted by atomic mass is 10.1. The molecule has 0 amide bonds. The summed E-state index contributed by atoms with van der Waals surface area (Å²) < 4.78 is 11.3. The monoisotopic (exact) mass is 232 g/mol. The summed E-state index contributed by atoms with van der Waals surface area (Å²) in [6.45, 7) is 7.99. The van der Waals surface area contributed by atoms with Crippen LogP contribution >= 0.6 is 0 Å². The third-order valence-corrected chi connectivity index (χ3v) is 4.79. The lowest BCUT2D eigenvalue weighted by molar-refractivity contribution is 0.212. The van der Waals surface area contributed by atoms with E-state index in [0.29, 0.717) is 0 Å². The Balaban J connectivity index is 3.28. The highest BCUT2D eigenvalue weighted by atomic mass is 28.3. The average molecular weight is 232 g/mol. The molecule has 15 heavy (non-hydrogen) atoms. The van der Waals surface area contributed by atoms with Crippen molar-refractivity contribution >= 4 is 9.28 Å². The van der Waals surface area contributed by atoms with Gasteiger partial charge < -0.3 is 8.85 Å². The summed E-state index contributed by atoms with van der Waals surface area (Å²) in [5, 5.41) is 0. The number of rotatable bonds is 11. The maximum absolute atomic E-state index is 5.63. The molecule has 0 bridgehead atoms. The third kappa shape index (κ3) is 10.4. The van der Waals surface area contributed by atoms with Crippen LogP contribution in [-0.4, -0.2) is 22.5 Å². The average Bonchev–Trinajstić information content (AvgIpc) is 2.24.